The van der Waals surface area contributed by atoms with Gasteiger partial charge in [-0.25, -0.2) is 4.99 Å². The van der Waals surface area contributed by atoms with Gasteiger partial charge in [-0.1, -0.05) is 24.3 Å². The number of hydrogen-bond acceptors (Lipinski definition) is 2. The Hall–Kier alpha value is -1.55. The third-order valence-corrected chi connectivity index (χ3v) is 4.51. The van der Waals surface area contributed by atoms with E-state index in [4.69, 9.17) is 16.5 Å². The quantitative estimate of drug-likeness (QED) is 0.603. The summed E-state index contributed by atoms with van der Waals surface area (Å²) in [4.78, 5) is 6.94. The van der Waals surface area contributed by atoms with Crippen LogP contribution < -0.4 is 11.5 Å². The number of hydrogen-bond donors (Lipinski definition) is 2. The van der Waals surface area contributed by atoms with Gasteiger partial charge in [0, 0.05) is 19.1 Å². The Bertz CT molecular complexity index is 489. The lowest BCUT2D eigenvalue weighted by Crippen LogP contribution is -2.42. The molecule has 3 rings (SSSR count). The van der Waals surface area contributed by atoms with Crippen molar-refractivity contribution in [3.63, 3.8) is 0 Å². The van der Waals surface area contributed by atoms with Gasteiger partial charge in [0.2, 0.25) is 0 Å². The molecule has 4 N–H and O–H groups in total. The lowest BCUT2D eigenvalue weighted by Gasteiger charge is -2.31. The minimum absolute atomic E-state index is 0.365. The largest absolute Gasteiger partial charge is 0.370 e. The topological polar surface area (TPSA) is 67.6 Å². The lowest BCUT2D eigenvalue weighted by molar-refractivity contribution is 0.367. The highest BCUT2D eigenvalue weighted by Gasteiger charge is 2.21. The van der Waals surface area contributed by atoms with Gasteiger partial charge in [-0.05, 0) is 43.2 Å². The summed E-state index contributed by atoms with van der Waals surface area (Å²) in [5, 5.41) is 0. The van der Waals surface area contributed by atoms with Gasteiger partial charge in [0.15, 0.2) is 5.96 Å². The highest BCUT2D eigenvalue weighted by Crippen LogP contribution is 2.21. The Morgan fingerprint density at radius 1 is 1.10 bits per heavy atom. The lowest BCUT2D eigenvalue weighted by atomic mass is 9.92. The van der Waals surface area contributed by atoms with Crippen LogP contribution in [0.25, 0.3) is 0 Å². The second-order valence-corrected chi connectivity index (χ2v) is 6.00. The highest BCUT2D eigenvalue weighted by atomic mass is 15.3. The molecular formula is C16H24N4. The molecule has 1 aromatic carbocycles. The second-order valence-electron chi connectivity index (χ2n) is 6.00. The molecule has 1 aliphatic heterocycles. The molecule has 0 radical (unpaired) electrons. The summed E-state index contributed by atoms with van der Waals surface area (Å²) in [5.74, 6) is 0.708. The van der Waals surface area contributed by atoms with Crippen molar-refractivity contribution in [2.45, 2.75) is 50.7 Å². The SMILES string of the molecule is NC(=NC1CCC(N)CC1)N1CCc2ccccc2C1. The number of nitrogens with two attached hydrogens (primary N) is 2. The fraction of sp³-hybridized carbons (Fsp3) is 0.562. The van der Waals surface area contributed by atoms with Crippen LogP contribution in [0.15, 0.2) is 29.3 Å². The number of fused-ring (bicyclic) bond motifs is 1. The van der Waals surface area contributed by atoms with Crippen molar-refractivity contribution in [3.8, 4) is 0 Å². The van der Waals surface area contributed by atoms with Gasteiger partial charge in [-0.15, -0.1) is 0 Å². The van der Waals surface area contributed by atoms with Gasteiger partial charge in [-0.2, -0.15) is 0 Å². The van der Waals surface area contributed by atoms with Crippen LogP contribution in [-0.4, -0.2) is 29.5 Å². The minimum Gasteiger partial charge on any atom is -0.370 e. The Balaban J connectivity index is 1.65. The summed E-state index contributed by atoms with van der Waals surface area (Å²) in [6.45, 7) is 1.86. The van der Waals surface area contributed by atoms with Crippen LogP contribution in [0.1, 0.15) is 36.8 Å². The number of benzene rings is 1. The van der Waals surface area contributed by atoms with Crippen molar-refractivity contribution >= 4 is 5.96 Å². The van der Waals surface area contributed by atoms with E-state index in [1.165, 1.54) is 11.1 Å². The van der Waals surface area contributed by atoms with E-state index in [1.54, 1.807) is 0 Å². The standard InChI is InChI=1S/C16H24N4/c17-14-5-7-15(8-6-14)19-16(18)20-10-9-12-3-1-2-4-13(12)11-20/h1-4,14-15H,5-11,17H2,(H2,18,19). The van der Waals surface area contributed by atoms with Crippen LogP contribution in [0.2, 0.25) is 0 Å². The van der Waals surface area contributed by atoms with Gasteiger partial charge in [0.25, 0.3) is 0 Å². The highest BCUT2D eigenvalue weighted by molar-refractivity contribution is 5.78. The molecule has 1 saturated carbocycles. The zero-order chi connectivity index (χ0) is 13.9. The van der Waals surface area contributed by atoms with Crippen molar-refractivity contribution in [2.75, 3.05) is 6.54 Å². The first-order valence-corrected chi connectivity index (χ1v) is 7.63. The maximum Gasteiger partial charge on any atom is 0.191 e. The smallest absolute Gasteiger partial charge is 0.191 e. The first-order valence-electron chi connectivity index (χ1n) is 7.63. The van der Waals surface area contributed by atoms with Gasteiger partial charge < -0.3 is 16.4 Å². The molecule has 1 aliphatic carbocycles. The average Bonchev–Trinajstić information content (AvgIpc) is 2.49. The molecule has 1 heterocycles. The first kappa shape index (κ1) is 13.4. The Labute approximate surface area is 120 Å². The molecule has 1 aromatic rings. The van der Waals surface area contributed by atoms with Crippen molar-refractivity contribution in [1.82, 2.24) is 4.90 Å². The molecule has 0 amide bonds. The van der Waals surface area contributed by atoms with E-state index in [9.17, 15) is 0 Å². The zero-order valence-corrected chi connectivity index (χ0v) is 12.0. The summed E-state index contributed by atoms with van der Waals surface area (Å²) in [5.41, 5.74) is 15.0. The van der Waals surface area contributed by atoms with Crippen LogP contribution in [0, 0.1) is 0 Å². The Morgan fingerprint density at radius 2 is 1.80 bits per heavy atom. The van der Waals surface area contributed by atoms with E-state index in [1.807, 2.05) is 0 Å². The van der Waals surface area contributed by atoms with Crippen molar-refractivity contribution in [3.05, 3.63) is 35.4 Å². The molecule has 0 saturated heterocycles. The predicted molar refractivity (Wildman–Crippen MR) is 82.4 cm³/mol. The van der Waals surface area contributed by atoms with Crippen molar-refractivity contribution in [2.24, 2.45) is 16.5 Å². The molecule has 4 heteroatoms. The fourth-order valence-corrected chi connectivity index (χ4v) is 3.19. The monoisotopic (exact) mass is 272 g/mol. The van der Waals surface area contributed by atoms with Crippen LogP contribution in [0.5, 0.6) is 0 Å². The summed E-state index contributed by atoms with van der Waals surface area (Å²) in [6, 6.07) is 9.34. The molecule has 0 spiro atoms. The van der Waals surface area contributed by atoms with Crippen molar-refractivity contribution < 1.29 is 0 Å². The van der Waals surface area contributed by atoms with Crippen molar-refractivity contribution in [1.29, 1.82) is 0 Å². The van der Waals surface area contributed by atoms with E-state index >= 15 is 0 Å². The molecule has 4 nitrogen and oxygen atoms in total. The van der Waals surface area contributed by atoms with E-state index in [-0.39, 0.29) is 0 Å². The number of nitrogens with zero attached hydrogens (tertiary/aromatic N) is 2. The zero-order valence-electron chi connectivity index (χ0n) is 12.0. The Kier molecular flexibility index (Phi) is 3.92. The molecule has 20 heavy (non-hydrogen) atoms. The summed E-state index contributed by atoms with van der Waals surface area (Å²) < 4.78 is 0. The molecule has 1 fully saturated rings. The number of rotatable bonds is 1. The van der Waals surface area contributed by atoms with Crippen LogP contribution in [0.3, 0.4) is 0 Å². The molecule has 0 unspecified atom stereocenters. The van der Waals surface area contributed by atoms with Gasteiger partial charge >= 0.3 is 0 Å². The molecule has 0 bridgehead atoms. The average molecular weight is 272 g/mol. The van der Waals surface area contributed by atoms with Crippen LogP contribution in [-0.2, 0) is 13.0 Å². The van der Waals surface area contributed by atoms with Crippen LogP contribution in [0.4, 0.5) is 0 Å². The molecule has 0 atom stereocenters. The molecular weight excluding hydrogens is 248 g/mol. The first-order chi connectivity index (χ1) is 9.72. The van der Waals surface area contributed by atoms with Gasteiger partial charge in [-0.3, -0.25) is 0 Å². The summed E-state index contributed by atoms with van der Waals surface area (Å²) in [6.07, 6.45) is 5.36. The van der Waals surface area contributed by atoms with E-state index in [0.29, 0.717) is 18.0 Å². The maximum atomic E-state index is 6.22. The number of guanidine groups is 1. The number of aliphatic imine (C=N–C) groups is 1. The van der Waals surface area contributed by atoms with E-state index < -0.39 is 0 Å². The Morgan fingerprint density at radius 3 is 2.55 bits per heavy atom. The van der Waals surface area contributed by atoms with Gasteiger partial charge in [0.05, 0.1) is 6.04 Å². The molecule has 2 aliphatic rings. The second kappa shape index (κ2) is 5.83. The normalized spacial score (nSPS) is 27.2. The third kappa shape index (κ3) is 2.96. The van der Waals surface area contributed by atoms with E-state index in [2.05, 4.69) is 29.2 Å². The van der Waals surface area contributed by atoms with Gasteiger partial charge in [0.1, 0.15) is 0 Å². The fourth-order valence-electron chi connectivity index (χ4n) is 3.19. The molecule has 0 aromatic heterocycles. The molecule has 108 valence electrons. The third-order valence-electron chi connectivity index (χ3n) is 4.51. The summed E-state index contributed by atoms with van der Waals surface area (Å²) in [7, 11) is 0. The van der Waals surface area contributed by atoms with Crippen LogP contribution >= 0.6 is 0 Å². The maximum absolute atomic E-state index is 6.22. The minimum atomic E-state index is 0.365. The summed E-state index contributed by atoms with van der Waals surface area (Å²) >= 11 is 0. The predicted octanol–water partition coefficient (Wildman–Crippen LogP) is 1.63. The van der Waals surface area contributed by atoms with E-state index in [0.717, 1.165) is 45.2 Å².